The molecule has 0 saturated carbocycles. The molecule has 1 heterocycles. The van der Waals surface area contributed by atoms with Crippen molar-refractivity contribution >= 4 is 16.7 Å². The van der Waals surface area contributed by atoms with Gasteiger partial charge in [-0.25, -0.2) is 9.19 Å². The lowest BCUT2D eigenvalue weighted by Crippen LogP contribution is -2.22. The smallest absolute Gasteiger partial charge is 0.145 e. The number of aromatic nitrogens is 2. The van der Waals surface area contributed by atoms with E-state index in [1.165, 1.54) is 0 Å². The Hall–Kier alpha value is -1.75. The third-order valence-electron chi connectivity index (χ3n) is 2.80. The van der Waals surface area contributed by atoms with Gasteiger partial charge in [-0.2, -0.15) is 4.40 Å². The van der Waals surface area contributed by atoms with Crippen molar-refractivity contribution in [2.45, 2.75) is 25.5 Å². The van der Waals surface area contributed by atoms with E-state index in [1.807, 2.05) is 62.7 Å². The topological polar surface area (TPSA) is 47.2 Å². The summed E-state index contributed by atoms with van der Waals surface area (Å²) in [5, 5.41) is 0. The molecule has 2 aromatic rings. The lowest BCUT2D eigenvalue weighted by Gasteiger charge is -2.15. The molecule has 106 valence electrons. The first-order valence-electron chi connectivity index (χ1n) is 6.42. The predicted octanol–water partition coefficient (Wildman–Crippen LogP) is 2.72. The van der Waals surface area contributed by atoms with Gasteiger partial charge < -0.3 is 4.57 Å². The molecular formula is C15H19N3OS. The lowest BCUT2D eigenvalue weighted by atomic mass is 10.1. The summed E-state index contributed by atoms with van der Waals surface area (Å²) >= 11 is 0. The van der Waals surface area contributed by atoms with Crippen LogP contribution in [0.3, 0.4) is 0 Å². The summed E-state index contributed by atoms with van der Waals surface area (Å²) in [5.74, 6) is 0. The van der Waals surface area contributed by atoms with Gasteiger partial charge in [0.25, 0.3) is 0 Å². The van der Waals surface area contributed by atoms with Crippen molar-refractivity contribution in [1.29, 1.82) is 0 Å². The largest absolute Gasteiger partial charge is 0.332 e. The highest BCUT2D eigenvalue weighted by atomic mass is 32.2. The molecule has 5 heteroatoms. The van der Waals surface area contributed by atoms with Gasteiger partial charge in [-0.05, 0) is 20.8 Å². The van der Waals surface area contributed by atoms with Crippen molar-refractivity contribution in [1.82, 2.24) is 9.55 Å². The summed E-state index contributed by atoms with van der Waals surface area (Å²) in [6, 6.07) is 9.77. The Morgan fingerprint density at radius 3 is 2.40 bits per heavy atom. The average molecular weight is 289 g/mol. The Bertz CT molecular complexity index is 639. The van der Waals surface area contributed by atoms with Gasteiger partial charge >= 0.3 is 0 Å². The molecule has 20 heavy (non-hydrogen) atoms. The van der Waals surface area contributed by atoms with Gasteiger partial charge in [-0.3, -0.25) is 0 Å². The molecule has 0 aliphatic heterocycles. The minimum atomic E-state index is -1.31. The van der Waals surface area contributed by atoms with Crippen molar-refractivity contribution in [3.63, 3.8) is 0 Å². The summed E-state index contributed by atoms with van der Waals surface area (Å²) in [6.07, 6.45) is 3.46. The molecule has 1 aromatic heterocycles. The number of imidazole rings is 1. The molecule has 4 nitrogen and oxygen atoms in total. The molecule has 0 N–H and O–H groups in total. The minimum Gasteiger partial charge on any atom is -0.332 e. The van der Waals surface area contributed by atoms with Crippen LogP contribution in [0.5, 0.6) is 0 Å². The quantitative estimate of drug-likeness (QED) is 0.816. The number of aryl methyl sites for hydroxylation is 1. The normalized spacial score (nSPS) is 14.3. The number of rotatable bonds is 3. The van der Waals surface area contributed by atoms with Gasteiger partial charge in [0.05, 0.1) is 23.0 Å². The van der Waals surface area contributed by atoms with Crippen LogP contribution >= 0.6 is 0 Å². The van der Waals surface area contributed by atoms with E-state index in [4.69, 9.17) is 0 Å². The van der Waals surface area contributed by atoms with Crippen LogP contribution in [-0.2, 0) is 18.0 Å². The molecule has 0 bridgehead atoms. The van der Waals surface area contributed by atoms with Crippen LogP contribution in [0.25, 0.3) is 0 Å². The van der Waals surface area contributed by atoms with Crippen molar-refractivity contribution in [2.24, 2.45) is 11.4 Å². The molecule has 0 spiro atoms. The summed E-state index contributed by atoms with van der Waals surface area (Å²) < 4.78 is 18.3. The first-order valence-corrected chi connectivity index (χ1v) is 7.53. The van der Waals surface area contributed by atoms with Crippen LogP contribution in [-0.4, -0.2) is 24.2 Å². The predicted molar refractivity (Wildman–Crippen MR) is 83.2 cm³/mol. The van der Waals surface area contributed by atoms with E-state index in [0.717, 1.165) is 11.3 Å². The number of hydrogen-bond donors (Lipinski definition) is 0. The van der Waals surface area contributed by atoms with Gasteiger partial charge in [0.2, 0.25) is 0 Å². The van der Waals surface area contributed by atoms with Crippen LogP contribution in [0.2, 0.25) is 0 Å². The fourth-order valence-electron chi connectivity index (χ4n) is 1.65. The van der Waals surface area contributed by atoms with Gasteiger partial charge in [-0.15, -0.1) is 0 Å². The summed E-state index contributed by atoms with van der Waals surface area (Å²) in [7, 11) is 0.590. The molecule has 0 aliphatic carbocycles. The lowest BCUT2D eigenvalue weighted by molar-refractivity contribution is 0.650. The number of hydrogen-bond acceptors (Lipinski definition) is 2. The fourth-order valence-corrected chi connectivity index (χ4v) is 2.29. The van der Waals surface area contributed by atoms with Crippen LogP contribution < -0.4 is 0 Å². The number of benzene rings is 1. The first kappa shape index (κ1) is 14.7. The maximum atomic E-state index is 12.3. The molecule has 0 aliphatic rings. The van der Waals surface area contributed by atoms with E-state index < -0.39 is 15.7 Å². The van der Waals surface area contributed by atoms with Crippen LogP contribution in [0.15, 0.2) is 47.3 Å². The Morgan fingerprint density at radius 1 is 1.25 bits per heavy atom. The first-order chi connectivity index (χ1) is 9.39. The second-order valence-electron chi connectivity index (χ2n) is 5.56. The van der Waals surface area contributed by atoms with Crippen molar-refractivity contribution in [3.8, 4) is 0 Å². The van der Waals surface area contributed by atoms with E-state index >= 15 is 0 Å². The Labute approximate surface area is 122 Å². The van der Waals surface area contributed by atoms with Gasteiger partial charge in [0.15, 0.2) is 0 Å². The molecule has 1 aromatic carbocycles. The zero-order valence-corrected chi connectivity index (χ0v) is 13.0. The van der Waals surface area contributed by atoms with Crippen LogP contribution in [0, 0.1) is 0 Å². The molecule has 1 unspecified atom stereocenters. The highest BCUT2D eigenvalue weighted by Gasteiger charge is 2.21. The maximum Gasteiger partial charge on any atom is 0.145 e. The van der Waals surface area contributed by atoms with Crippen molar-refractivity contribution < 1.29 is 4.21 Å². The third-order valence-corrected chi connectivity index (χ3v) is 4.20. The molecule has 1 atom stereocenters. The SMILES string of the molecule is Cn1cncc1/C(=N\S(=O)C(C)(C)C)c1ccccc1. The third kappa shape index (κ3) is 3.22. The Kier molecular flexibility index (Phi) is 4.18. The van der Waals surface area contributed by atoms with Gasteiger partial charge in [0.1, 0.15) is 16.7 Å². The highest BCUT2D eigenvalue weighted by molar-refractivity contribution is 7.85. The molecule has 2 rings (SSSR count). The summed E-state index contributed by atoms with van der Waals surface area (Å²) in [5.41, 5.74) is 2.50. The van der Waals surface area contributed by atoms with Gasteiger partial charge in [0, 0.05) is 12.6 Å². The summed E-state index contributed by atoms with van der Waals surface area (Å²) in [6.45, 7) is 5.75. The van der Waals surface area contributed by atoms with Gasteiger partial charge in [-0.1, -0.05) is 30.3 Å². The fraction of sp³-hybridized carbons (Fsp3) is 0.333. The summed E-state index contributed by atoms with van der Waals surface area (Å²) in [4.78, 5) is 4.12. The van der Waals surface area contributed by atoms with Crippen LogP contribution in [0.4, 0.5) is 0 Å². The minimum absolute atomic E-state index is 0.390. The second kappa shape index (κ2) is 5.71. The number of nitrogens with zero attached hydrogens (tertiary/aromatic N) is 3. The molecule has 0 radical (unpaired) electrons. The standard InChI is InChI=1S/C15H19N3OS/c1-15(2,3)20(19)17-14(12-8-6-5-7-9-12)13-10-16-11-18(13)4/h5-11H,1-4H3/b17-14-. The Balaban J connectivity index is 2.55. The van der Waals surface area contributed by atoms with E-state index in [1.54, 1.807) is 12.5 Å². The second-order valence-corrected chi connectivity index (χ2v) is 7.46. The Morgan fingerprint density at radius 2 is 1.90 bits per heavy atom. The highest BCUT2D eigenvalue weighted by Crippen LogP contribution is 2.17. The average Bonchev–Trinajstić information content (AvgIpc) is 2.81. The molecular weight excluding hydrogens is 270 g/mol. The van der Waals surface area contributed by atoms with Crippen molar-refractivity contribution in [2.75, 3.05) is 0 Å². The monoisotopic (exact) mass is 289 g/mol. The molecule has 0 fully saturated rings. The van der Waals surface area contributed by atoms with E-state index in [0.29, 0.717) is 5.71 Å². The van der Waals surface area contributed by atoms with E-state index in [-0.39, 0.29) is 0 Å². The maximum absolute atomic E-state index is 12.3. The zero-order valence-electron chi connectivity index (χ0n) is 12.2. The van der Waals surface area contributed by atoms with Crippen molar-refractivity contribution in [3.05, 3.63) is 54.1 Å². The molecule has 0 saturated heterocycles. The van der Waals surface area contributed by atoms with Crippen LogP contribution in [0.1, 0.15) is 32.0 Å². The molecule has 0 amide bonds. The van der Waals surface area contributed by atoms with E-state index in [9.17, 15) is 4.21 Å². The zero-order chi connectivity index (χ0) is 14.8. The van der Waals surface area contributed by atoms with E-state index in [2.05, 4.69) is 9.38 Å².